The number of benzene rings is 1. The lowest BCUT2D eigenvalue weighted by atomic mass is 10.3. The Bertz CT molecular complexity index is 436. The topological polar surface area (TPSA) is 89.9 Å². The molecule has 1 aromatic rings. The van der Waals surface area contributed by atoms with Crippen molar-refractivity contribution in [3.05, 3.63) is 24.3 Å². The van der Waals surface area contributed by atoms with Crippen molar-refractivity contribution in [2.45, 2.75) is 0 Å². The highest BCUT2D eigenvalue weighted by atomic mass is 32.2. The molecule has 0 saturated carbocycles. The van der Waals surface area contributed by atoms with Gasteiger partial charge in [0, 0.05) is 18.0 Å². The number of urea groups is 1. The molecule has 3 N–H and O–H groups in total. The molecule has 7 heteroatoms. The molecule has 0 saturated heterocycles. The summed E-state index contributed by atoms with van der Waals surface area (Å²) in [5, 5.41) is 20.7. The lowest BCUT2D eigenvalue weighted by molar-refractivity contribution is -0.135. The largest absolute Gasteiger partial charge is 0.508 e. The van der Waals surface area contributed by atoms with Gasteiger partial charge in [0.15, 0.2) is 0 Å². The van der Waals surface area contributed by atoms with E-state index in [2.05, 4.69) is 5.32 Å². The second-order valence-corrected chi connectivity index (χ2v) is 4.71. The van der Waals surface area contributed by atoms with Crippen molar-refractivity contribution >= 4 is 29.4 Å². The van der Waals surface area contributed by atoms with Gasteiger partial charge in [0.25, 0.3) is 0 Å². The van der Waals surface area contributed by atoms with E-state index in [1.54, 1.807) is 11.8 Å². The number of carbonyl (C=O) groups excluding carboxylic acids is 1. The molecule has 0 aromatic heterocycles. The van der Waals surface area contributed by atoms with Crippen LogP contribution in [0.5, 0.6) is 5.75 Å². The van der Waals surface area contributed by atoms with Crippen LogP contribution in [0.25, 0.3) is 0 Å². The monoisotopic (exact) mass is 284 g/mol. The fraction of sp³-hybridized carbons (Fsp3) is 0.333. The van der Waals surface area contributed by atoms with Gasteiger partial charge in [-0.05, 0) is 30.5 Å². The predicted molar refractivity (Wildman–Crippen MR) is 74.9 cm³/mol. The first-order chi connectivity index (χ1) is 9.04. The molecular weight excluding hydrogens is 268 g/mol. The molecule has 0 heterocycles. The van der Waals surface area contributed by atoms with Gasteiger partial charge in [-0.15, -0.1) is 0 Å². The minimum absolute atomic E-state index is 0.0572. The Kier molecular flexibility index (Phi) is 6.01. The number of carboxylic acid groups (broad SMARTS) is 1. The average molecular weight is 284 g/mol. The number of aromatic hydroxyl groups is 1. The van der Waals surface area contributed by atoms with Crippen LogP contribution >= 0.6 is 11.8 Å². The second-order valence-electron chi connectivity index (χ2n) is 3.72. The van der Waals surface area contributed by atoms with E-state index in [9.17, 15) is 14.7 Å². The van der Waals surface area contributed by atoms with Gasteiger partial charge in [-0.3, -0.25) is 9.69 Å². The maximum atomic E-state index is 11.9. The summed E-state index contributed by atoms with van der Waals surface area (Å²) in [6.45, 7) is 0.0318. The highest BCUT2D eigenvalue weighted by molar-refractivity contribution is 7.98. The van der Waals surface area contributed by atoms with Crippen LogP contribution in [0, 0.1) is 0 Å². The van der Waals surface area contributed by atoms with Crippen LogP contribution in [0.3, 0.4) is 0 Å². The molecule has 0 spiro atoms. The first-order valence-electron chi connectivity index (χ1n) is 5.59. The van der Waals surface area contributed by atoms with E-state index in [4.69, 9.17) is 5.11 Å². The van der Waals surface area contributed by atoms with Crippen LogP contribution in [0.2, 0.25) is 0 Å². The van der Waals surface area contributed by atoms with Gasteiger partial charge in [-0.1, -0.05) is 0 Å². The van der Waals surface area contributed by atoms with Gasteiger partial charge in [-0.25, -0.2) is 4.79 Å². The summed E-state index contributed by atoms with van der Waals surface area (Å²) >= 11 is 1.58. The summed E-state index contributed by atoms with van der Waals surface area (Å²) in [7, 11) is 0. The Morgan fingerprint density at radius 2 is 1.95 bits per heavy atom. The van der Waals surface area contributed by atoms with Gasteiger partial charge < -0.3 is 15.5 Å². The van der Waals surface area contributed by atoms with Crippen molar-refractivity contribution in [3.8, 4) is 5.75 Å². The zero-order valence-electron chi connectivity index (χ0n) is 10.5. The Balaban J connectivity index is 2.79. The van der Waals surface area contributed by atoms with E-state index in [-0.39, 0.29) is 5.75 Å². The third-order valence-electron chi connectivity index (χ3n) is 2.28. The van der Waals surface area contributed by atoms with Crippen molar-refractivity contribution < 1.29 is 19.8 Å². The SMILES string of the molecule is CSCCNC(=O)N(CC(=O)O)c1ccc(O)cc1. The first-order valence-corrected chi connectivity index (χ1v) is 6.99. The number of carbonyl (C=O) groups is 2. The normalized spacial score (nSPS) is 9.95. The molecule has 0 fully saturated rings. The van der Waals surface area contributed by atoms with Crippen LogP contribution in [0.4, 0.5) is 10.5 Å². The fourth-order valence-electron chi connectivity index (χ4n) is 1.40. The number of carboxylic acids is 1. The summed E-state index contributed by atoms with van der Waals surface area (Å²) in [6, 6.07) is 5.32. The molecule has 6 nitrogen and oxygen atoms in total. The van der Waals surface area contributed by atoms with E-state index >= 15 is 0 Å². The highest BCUT2D eigenvalue weighted by Crippen LogP contribution is 2.18. The van der Waals surface area contributed by atoms with Crippen LogP contribution in [0.1, 0.15) is 0 Å². The van der Waals surface area contributed by atoms with Gasteiger partial charge in [0.2, 0.25) is 0 Å². The fourth-order valence-corrected chi connectivity index (χ4v) is 1.71. The molecule has 1 rings (SSSR count). The number of hydrogen-bond acceptors (Lipinski definition) is 4. The number of nitrogens with one attached hydrogen (secondary N) is 1. The molecule has 0 atom stereocenters. The molecule has 19 heavy (non-hydrogen) atoms. The van der Waals surface area contributed by atoms with E-state index in [1.165, 1.54) is 24.3 Å². The summed E-state index contributed by atoms with van der Waals surface area (Å²) < 4.78 is 0. The van der Waals surface area contributed by atoms with Crippen molar-refractivity contribution in [1.82, 2.24) is 5.32 Å². The summed E-state index contributed by atoms with van der Waals surface area (Å²) in [5.74, 6) is -0.294. The number of nitrogens with zero attached hydrogens (tertiary/aromatic N) is 1. The van der Waals surface area contributed by atoms with Gasteiger partial charge >= 0.3 is 12.0 Å². The molecule has 0 aliphatic rings. The van der Waals surface area contributed by atoms with Crippen molar-refractivity contribution in [3.63, 3.8) is 0 Å². The van der Waals surface area contributed by atoms with Crippen LogP contribution < -0.4 is 10.2 Å². The predicted octanol–water partition coefficient (Wildman–Crippen LogP) is 1.36. The zero-order valence-corrected chi connectivity index (χ0v) is 11.3. The standard InChI is InChI=1S/C12H16N2O4S/c1-19-7-6-13-12(18)14(8-11(16)17)9-2-4-10(15)5-3-9/h2-5,15H,6-8H2,1H3,(H,13,18)(H,16,17). The maximum absolute atomic E-state index is 11.9. The number of anilines is 1. The zero-order chi connectivity index (χ0) is 14.3. The molecule has 2 amide bonds. The van der Waals surface area contributed by atoms with Gasteiger partial charge in [0.05, 0.1) is 0 Å². The van der Waals surface area contributed by atoms with E-state index in [1.807, 2.05) is 6.26 Å². The van der Waals surface area contributed by atoms with Crippen molar-refractivity contribution in [1.29, 1.82) is 0 Å². The molecule has 0 aliphatic heterocycles. The third-order valence-corrected chi connectivity index (χ3v) is 2.89. The number of amides is 2. The number of thioether (sulfide) groups is 1. The smallest absolute Gasteiger partial charge is 0.323 e. The Morgan fingerprint density at radius 3 is 2.47 bits per heavy atom. The number of phenols is 1. The molecular formula is C12H16N2O4S. The van der Waals surface area contributed by atoms with Crippen LogP contribution in [-0.2, 0) is 4.79 Å². The average Bonchev–Trinajstić information content (AvgIpc) is 2.37. The third kappa shape index (κ3) is 5.09. The number of phenolic OH excluding ortho intramolecular Hbond substituents is 1. The summed E-state index contributed by atoms with van der Waals surface area (Å²) in [6.07, 6.45) is 1.92. The molecule has 0 aliphatic carbocycles. The lowest BCUT2D eigenvalue weighted by Crippen LogP contribution is -2.43. The number of rotatable bonds is 6. The quantitative estimate of drug-likeness (QED) is 0.686. The van der Waals surface area contributed by atoms with Crippen molar-refractivity contribution in [2.24, 2.45) is 0 Å². The molecule has 0 unspecified atom stereocenters. The Morgan fingerprint density at radius 1 is 1.32 bits per heavy atom. The van der Waals surface area contributed by atoms with Crippen LogP contribution in [0.15, 0.2) is 24.3 Å². The first kappa shape index (κ1) is 15.2. The minimum Gasteiger partial charge on any atom is -0.508 e. The lowest BCUT2D eigenvalue weighted by Gasteiger charge is -2.21. The number of aliphatic carboxylic acids is 1. The van der Waals surface area contributed by atoms with Crippen LogP contribution in [-0.4, -0.2) is 47.3 Å². The molecule has 0 bridgehead atoms. The molecule has 0 radical (unpaired) electrons. The molecule has 104 valence electrons. The summed E-state index contributed by atoms with van der Waals surface area (Å²) in [4.78, 5) is 23.8. The second kappa shape index (κ2) is 7.52. The Hall–Kier alpha value is -1.89. The van der Waals surface area contributed by atoms with E-state index in [0.29, 0.717) is 12.2 Å². The summed E-state index contributed by atoms with van der Waals surface area (Å²) in [5.41, 5.74) is 0.418. The van der Waals surface area contributed by atoms with Gasteiger partial charge in [0.1, 0.15) is 12.3 Å². The minimum atomic E-state index is -1.10. The van der Waals surface area contributed by atoms with Gasteiger partial charge in [-0.2, -0.15) is 11.8 Å². The van der Waals surface area contributed by atoms with E-state index < -0.39 is 18.5 Å². The molecule has 1 aromatic carbocycles. The van der Waals surface area contributed by atoms with Crippen molar-refractivity contribution in [2.75, 3.05) is 30.0 Å². The highest BCUT2D eigenvalue weighted by Gasteiger charge is 2.18. The maximum Gasteiger partial charge on any atom is 0.323 e. The Labute approximate surface area is 115 Å². The number of hydrogen-bond donors (Lipinski definition) is 3. The van der Waals surface area contributed by atoms with E-state index in [0.717, 1.165) is 10.7 Å².